The average molecular weight is 615 g/mol. The number of ether oxygens (including phenoxy) is 1. The molecule has 0 bridgehead atoms. The van der Waals surface area contributed by atoms with Gasteiger partial charge in [0.25, 0.3) is 0 Å². The summed E-state index contributed by atoms with van der Waals surface area (Å²) in [7, 11) is -3.73. The molecule has 1 aromatic heterocycles. The predicted octanol–water partition coefficient (Wildman–Crippen LogP) is 5.09. The number of hydrogen-bond donors (Lipinski definition) is 1. The third-order valence-electron chi connectivity index (χ3n) is 7.91. The molecular weight excluding hydrogens is 575 g/mol. The maximum Gasteiger partial charge on any atom is 0.243 e. The molecule has 0 aliphatic carbocycles. The number of benzene rings is 2. The van der Waals surface area contributed by atoms with Gasteiger partial charge in [-0.05, 0) is 62.4 Å². The molecule has 1 N–H and O–H groups in total. The second-order valence-electron chi connectivity index (χ2n) is 11.9. The summed E-state index contributed by atoms with van der Waals surface area (Å²) in [6.45, 7) is 8.03. The highest BCUT2D eigenvalue weighted by Gasteiger charge is 2.47. The number of aryl methyl sites for hydroxylation is 1. The van der Waals surface area contributed by atoms with Crippen molar-refractivity contribution >= 4 is 32.4 Å². The number of sulfonamides is 1. The Hall–Kier alpha value is -2.70. The van der Waals surface area contributed by atoms with E-state index < -0.39 is 15.6 Å². The number of thiazole rings is 1. The Kier molecular flexibility index (Phi) is 9.44. The lowest BCUT2D eigenvalue weighted by atomic mass is 9.89. The summed E-state index contributed by atoms with van der Waals surface area (Å²) in [5.74, 6) is -0.148. The molecule has 226 valence electrons. The molecule has 2 saturated heterocycles. The van der Waals surface area contributed by atoms with Crippen molar-refractivity contribution in [1.82, 2.24) is 14.2 Å². The number of carbonyl (C=O) groups excluding carboxylic acids is 1. The highest BCUT2D eigenvalue weighted by atomic mass is 32.2. The molecule has 5 rings (SSSR count). The molecule has 1 spiro atoms. The Bertz CT molecular complexity index is 1490. The average Bonchev–Trinajstić information content (AvgIpc) is 3.37. The molecule has 1 amide bonds. The number of morpholine rings is 1. The van der Waals surface area contributed by atoms with E-state index in [1.54, 1.807) is 40.8 Å². The SMILES string of the molecule is Cc1ccc(S(=O)(=O)N2C[C@]3(CCCN(CC(=O)Nc4ncc(Cc5ccccc5F)s4)C3)OC[C@@H]2CC(C)C)cc1. The molecule has 2 aliphatic rings. The molecule has 0 saturated carbocycles. The van der Waals surface area contributed by atoms with Crippen LogP contribution in [0.25, 0.3) is 0 Å². The minimum absolute atomic E-state index is 0.146. The van der Waals surface area contributed by atoms with Crippen LogP contribution in [0.15, 0.2) is 59.6 Å². The fourth-order valence-corrected chi connectivity index (χ4v) is 8.43. The van der Waals surface area contributed by atoms with Crippen molar-refractivity contribution in [3.05, 3.63) is 76.5 Å². The number of nitrogens with one attached hydrogen (secondary N) is 1. The van der Waals surface area contributed by atoms with E-state index in [0.29, 0.717) is 47.5 Å². The number of halogens is 1. The van der Waals surface area contributed by atoms with Gasteiger partial charge < -0.3 is 10.1 Å². The van der Waals surface area contributed by atoms with Crippen molar-refractivity contribution in [2.45, 2.75) is 63.0 Å². The van der Waals surface area contributed by atoms with Crippen molar-refractivity contribution in [2.75, 3.05) is 38.1 Å². The number of piperidine rings is 1. The molecular formula is C31H39FN4O4S2. The van der Waals surface area contributed by atoms with E-state index in [-0.39, 0.29) is 30.9 Å². The zero-order valence-corrected chi connectivity index (χ0v) is 26.0. The zero-order chi connectivity index (χ0) is 29.9. The van der Waals surface area contributed by atoms with Crippen molar-refractivity contribution in [3.8, 4) is 0 Å². The number of hydrogen-bond acceptors (Lipinski definition) is 7. The van der Waals surface area contributed by atoms with Crippen molar-refractivity contribution < 1.29 is 22.3 Å². The van der Waals surface area contributed by atoms with Crippen LogP contribution in [0.2, 0.25) is 0 Å². The smallest absolute Gasteiger partial charge is 0.243 e. The summed E-state index contributed by atoms with van der Waals surface area (Å²) in [4.78, 5) is 20.5. The number of aromatic nitrogens is 1. The van der Waals surface area contributed by atoms with Gasteiger partial charge in [0.2, 0.25) is 15.9 Å². The second-order valence-corrected chi connectivity index (χ2v) is 14.9. The second kappa shape index (κ2) is 12.9. The van der Waals surface area contributed by atoms with Crippen LogP contribution in [-0.2, 0) is 26.0 Å². The fraction of sp³-hybridized carbons (Fsp3) is 0.484. The van der Waals surface area contributed by atoms with Gasteiger partial charge in [-0.25, -0.2) is 17.8 Å². The largest absolute Gasteiger partial charge is 0.371 e. The first kappa shape index (κ1) is 30.7. The first-order chi connectivity index (χ1) is 20.0. The van der Waals surface area contributed by atoms with Crippen LogP contribution in [0, 0.1) is 18.7 Å². The van der Waals surface area contributed by atoms with Gasteiger partial charge in [0, 0.05) is 36.6 Å². The van der Waals surface area contributed by atoms with Crippen molar-refractivity contribution in [3.63, 3.8) is 0 Å². The quantitative estimate of drug-likeness (QED) is 0.361. The van der Waals surface area contributed by atoms with Gasteiger partial charge in [0.05, 0.1) is 23.6 Å². The standard InChI is InChI=1S/C31H39FN4O4S2/c1-22(2)15-25-19-40-31(21-36(25)42(38,39)27-11-9-23(3)10-12-27)13-6-14-35(20-31)18-29(37)34-30-33-17-26(41-30)16-24-7-4-5-8-28(24)32/h4-5,7-12,17,22,25H,6,13-16,18-21H2,1-3H3,(H,33,34,37)/t25-,31+/m0/s1. The van der Waals surface area contributed by atoms with Crippen LogP contribution in [0.1, 0.15) is 49.1 Å². The van der Waals surface area contributed by atoms with Gasteiger partial charge in [0.15, 0.2) is 5.13 Å². The molecule has 8 nitrogen and oxygen atoms in total. The molecule has 2 atom stereocenters. The van der Waals surface area contributed by atoms with Crippen LogP contribution in [0.4, 0.5) is 9.52 Å². The maximum absolute atomic E-state index is 14.0. The minimum Gasteiger partial charge on any atom is -0.371 e. The number of carbonyl (C=O) groups is 1. The summed E-state index contributed by atoms with van der Waals surface area (Å²) >= 11 is 1.33. The number of amides is 1. The van der Waals surface area contributed by atoms with Gasteiger partial charge in [-0.1, -0.05) is 49.7 Å². The summed E-state index contributed by atoms with van der Waals surface area (Å²) in [5.41, 5.74) is 0.906. The van der Waals surface area contributed by atoms with Crippen molar-refractivity contribution in [1.29, 1.82) is 0 Å². The maximum atomic E-state index is 14.0. The van der Waals surface area contributed by atoms with Crippen LogP contribution < -0.4 is 5.32 Å². The van der Waals surface area contributed by atoms with Crippen LogP contribution in [0.3, 0.4) is 0 Å². The lowest BCUT2D eigenvalue weighted by Crippen LogP contribution is -2.64. The summed E-state index contributed by atoms with van der Waals surface area (Å²) in [5, 5.41) is 3.35. The molecule has 0 unspecified atom stereocenters. The number of anilines is 1. The number of rotatable bonds is 9. The third-order valence-corrected chi connectivity index (χ3v) is 10.7. The van der Waals surface area contributed by atoms with Gasteiger partial charge in [-0.2, -0.15) is 4.31 Å². The molecule has 2 fully saturated rings. The lowest BCUT2D eigenvalue weighted by molar-refractivity contribution is -0.146. The molecule has 2 aromatic carbocycles. The summed E-state index contributed by atoms with van der Waals surface area (Å²) < 4.78 is 49.9. The Labute approximate surface area is 252 Å². The topological polar surface area (TPSA) is 91.8 Å². The lowest BCUT2D eigenvalue weighted by Gasteiger charge is -2.50. The highest BCUT2D eigenvalue weighted by Crippen LogP contribution is 2.35. The zero-order valence-electron chi connectivity index (χ0n) is 24.4. The van der Waals surface area contributed by atoms with E-state index in [1.165, 1.54) is 17.4 Å². The van der Waals surface area contributed by atoms with E-state index >= 15 is 0 Å². The predicted molar refractivity (Wildman–Crippen MR) is 163 cm³/mol. The van der Waals surface area contributed by atoms with E-state index in [4.69, 9.17) is 4.74 Å². The van der Waals surface area contributed by atoms with Crippen molar-refractivity contribution in [2.24, 2.45) is 5.92 Å². The Morgan fingerprint density at radius 1 is 1.19 bits per heavy atom. The number of likely N-dealkylation sites (tertiary alicyclic amines) is 1. The van der Waals surface area contributed by atoms with E-state index in [1.807, 2.05) is 24.0 Å². The molecule has 3 heterocycles. The van der Waals surface area contributed by atoms with E-state index in [2.05, 4.69) is 24.1 Å². The third kappa shape index (κ3) is 7.26. The first-order valence-electron chi connectivity index (χ1n) is 14.5. The van der Waals surface area contributed by atoms with Gasteiger partial charge >= 0.3 is 0 Å². The first-order valence-corrected chi connectivity index (χ1v) is 16.7. The Morgan fingerprint density at radius 2 is 1.95 bits per heavy atom. The minimum atomic E-state index is -3.73. The Morgan fingerprint density at radius 3 is 2.69 bits per heavy atom. The van der Waals surface area contributed by atoms with Crippen LogP contribution in [0.5, 0.6) is 0 Å². The summed E-state index contributed by atoms with van der Waals surface area (Å²) in [6, 6.07) is 13.4. The van der Waals surface area contributed by atoms with Gasteiger partial charge in [-0.15, -0.1) is 11.3 Å². The molecule has 3 aromatic rings. The molecule has 2 aliphatic heterocycles. The number of nitrogens with zero attached hydrogens (tertiary/aromatic N) is 3. The highest BCUT2D eigenvalue weighted by molar-refractivity contribution is 7.89. The van der Waals surface area contributed by atoms with Gasteiger partial charge in [0.1, 0.15) is 5.82 Å². The molecule has 0 radical (unpaired) electrons. The van der Waals surface area contributed by atoms with E-state index in [9.17, 15) is 17.6 Å². The Balaban J connectivity index is 1.24. The summed E-state index contributed by atoms with van der Waals surface area (Å²) in [6.07, 6.45) is 4.30. The normalized spacial score (nSPS) is 22.1. The van der Waals surface area contributed by atoms with Gasteiger partial charge in [-0.3, -0.25) is 9.69 Å². The molecule has 42 heavy (non-hydrogen) atoms. The van der Waals surface area contributed by atoms with Crippen LogP contribution in [-0.4, -0.2) is 72.9 Å². The molecule has 11 heteroatoms. The monoisotopic (exact) mass is 614 g/mol. The van der Waals surface area contributed by atoms with Crippen LogP contribution >= 0.6 is 11.3 Å². The van der Waals surface area contributed by atoms with E-state index in [0.717, 1.165) is 29.8 Å². The fourth-order valence-electron chi connectivity index (χ4n) is 5.88.